The normalized spacial score (nSPS) is 17.4. The van der Waals surface area contributed by atoms with Crippen molar-refractivity contribution in [1.82, 2.24) is 30.2 Å². The molecule has 0 radical (unpaired) electrons. The highest BCUT2D eigenvalue weighted by molar-refractivity contribution is 5.92. The van der Waals surface area contributed by atoms with Gasteiger partial charge in [-0.05, 0) is 37.0 Å². The highest BCUT2D eigenvalue weighted by Crippen LogP contribution is 2.41. The minimum absolute atomic E-state index is 0.000849. The highest BCUT2D eigenvalue weighted by Gasteiger charge is 2.39. The van der Waals surface area contributed by atoms with Crippen LogP contribution in [-0.4, -0.2) is 48.6 Å². The number of aliphatic hydroxyl groups excluding tert-OH is 1. The van der Waals surface area contributed by atoms with Crippen molar-refractivity contribution in [3.8, 4) is 0 Å². The van der Waals surface area contributed by atoms with Crippen molar-refractivity contribution >= 4 is 17.5 Å². The molecule has 3 N–H and O–H groups in total. The summed E-state index contributed by atoms with van der Waals surface area (Å²) in [6.45, 7) is 0. The zero-order valence-electron chi connectivity index (χ0n) is 21.2. The van der Waals surface area contributed by atoms with Crippen LogP contribution in [0.2, 0.25) is 0 Å². The molecule has 3 aromatic rings. The lowest BCUT2D eigenvalue weighted by atomic mass is 9.81. The fraction of sp³-hybridized carbons (Fsp3) is 0.480. The molecule has 16 heteroatoms. The molecule has 41 heavy (non-hydrogen) atoms. The van der Waals surface area contributed by atoms with Crippen LogP contribution in [0.1, 0.15) is 84.7 Å². The predicted octanol–water partition coefficient (Wildman–Crippen LogP) is 4.81. The molecule has 4 rings (SSSR count). The first-order chi connectivity index (χ1) is 19.2. The summed E-state index contributed by atoms with van der Waals surface area (Å²) in [5.41, 5.74) is -0.602. The maximum absolute atomic E-state index is 13.9. The summed E-state index contributed by atoms with van der Waals surface area (Å²) in [5, 5.41) is 19.0. The van der Waals surface area contributed by atoms with Crippen LogP contribution in [0, 0.1) is 5.92 Å². The molecule has 0 aliphatic heterocycles. The number of pyridine rings is 1. The third kappa shape index (κ3) is 7.89. The van der Waals surface area contributed by atoms with Crippen LogP contribution in [0.25, 0.3) is 5.65 Å². The summed E-state index contributed by atoms with van der Waals surface area (Å²) in [6.07, 6.45) is -9.67. The molecule has 2 atom stereocenters. The number of carbonyl (C=O) groups is 2. The number of aromatic nitrogens is 4. The van der Waals surface area contributed by atoms with Crippen molar-refractivity contribution in [2.24, 2.45) is 5.92 Å². The van der Waals surface area contributed by atoms with Crippen LogP contribution in [0.3, 0.4) is 0 Å². The average molecular weight is 590 g/mol. The Bertz CT molecular complexity index is 1390. The van der Waals surface area contributed by atoms with Crippen molar-refractivity contribution < 1.29 is 45.4 Å². The van der Waals surface area contributed by atoms with E-state index in [1.165, 1.54) is 28.9 Å². The molecule has 0 spiro atoms. The van der Waals surface area contributed by atoms with Crippen LogP contribution in [0.15, 0.2) is 36.7 Å². The second kappa shape index (κ2) is 12.0. The van der Waals surface area contributed by atoms with E-state index in [1.807, 2.05) is 5.32 Å². The Labute approximate surface area is 228 Å². The maximum atomic E-state index is 13.9. The number of aliphatic hydroxyl groups is 1. The van der Waals surface area contributed by atoms with E-state index in [9.17, 15) is 45.4 Å². The van der Waals surface area contributed by atoms with Gasteiger partial charge in [-0.2, -0.15) is 18.3 Å². The predicted molar refractivity (Wildman–Crippen MR) is 128 cm³/mol. The zero-order chi connectivity index (χ0) is 29.9. The second-order valence-corrected chi connectivity index (χ2v) is 9.74. The van der Waals surface area contributed by atoms with Gasteiger partial charge in [-0.3, -0.25) is 9.59 Å². The summed E-state index contributed by atoms with van der Waals surface area (Å²) in [6, 6.07) is 3.89. The summed E-state index contributed by atoms with van der Waals surface area (Å²) in [5.74, 6) is -5.23. The smallest absolute Gasteiger partial charge is 0.369 e. The minimum atomic E-state index is -4.54. The molecule has 9 nitrogen and oxygen atoms in total. The lowest BCUT2D eigenvalue weighted by Gasteiger charge is -2.33. The van der Waals surface area contributed by atoms with Crippen molar-refractivity contribution in [2.75, 3.05) is 0 Å². The van der Waals surface area contributed by atoms with E-state index in [1.54, 1.807) is 0 Å². The molecule has 1 fully saturated rings. The molecule has 0 bridgehead atoms. The Hall–Kier alpha value is -3.82. The van der Waals surface area contributed by atoms with E-state index in [-0.39, 0.29) is 35.4 Å². The van der Waals surface area contributed by atoms with Crippen molar-refractivity contribution in [1.29, 1.82) is 0 Å². The van der Waals surface area contributed by atoms with E-state index in [2.05, 4.69) is 20.4 Å². The Kier molecular flexibility index (Phi) is 8.80. The number of nitrogens with one attached hydrogen (secondary N) is 2. The molecule has 1 aliphatic rings. The molecular weight excluding hydrogens is 565 g/mol. The molecule has 0 unspecified atom stereocenters. The molecule has 3 aromatic heterocycles. The monoisotopic (exact) mass is 590 g/mol. The molecule has 3 heterocycles. The highest BCUT2D eigenvalue weighted by atomic mass is 19.4. The molecule has 1 aliphatic carbocycles. The summed E-state index contributed by atoms with van der Waals surface area (Å²) >= 11 is 0. The number of nitrogens with zero attached hydrogens (tertiary/aromatic N) is 4. The minimum Gasteiger partial charge on any atom is -0.369 e. The Morgan fingerprint density at radius 2 is 1.80 bits per heavy atom. The van der Waals surface area contributed by atoms with Crippen LogP contribution >= 0.6 is 0 Å². The summed E-state index contributed by atoms with van der Waals surface area (Å²) < 4.78 is 92.2. The van der Waals surface area contributed by atoms with E-state index >= 15 is 0 Å². The Balaban J connectivity index is 1.57. The molecule has 0 aromatic carbocycles. The van der Waals surface area contributed by atoms with Crippen molar-refractivity contribution in [3.05, 3.63) is 59.3 Å². The van der Waals surface area contributed by atoms with Gasteiger partial charge >= 0.3 is 6.18 Å². The number of amides is 2. The van der Waals surface area contributed by atoms with Gasteiger partial charge in [0.1, 0.15) is 11.4 Å². The number of alkyl halides is 7. The number of hydrogen-bond donors (Lipinski definition) is 3. The quantitative estimate of drug-likeness (QED) is 0.243. The number of imidazole rings is 1. The van der Waals surface area contributed by atoms with Gasteiger partial charge in [0.15, 0.2) is 11.9 Å². The zero-order valence-corrected chi connectivity index (χ0v) is 21.2. The van der Waals surface area contributed by atoms with Gasteiger partial charge in [-0.1, -0.05) is 6.07 Å². The van der Waals surface area contributed by atoms with Crippen molar-refractivity contribution in [2.45, 2.75) is 69.3 Å². The van der Waals surface area contributed by atoms with Crippen LogP contribution in [-0.2, 0) is 4.79 Å². The molecule has 2 amide bonds. The number of halogens is 7. The molecule has 222 valence electrons. The van der Waals surface area contributed by atoms with Crippen LogP contribution in [0.4, 0.5) is 30.7 Å². The van der Waals surface area contributed by atoms with Gasteiger partial charge in [0.05, 0.1) is 30.6 Å². The maximum Gasteiger partial charge on any atom is 0.389 e. The summed E-state index contributed by atoms with van der Waals surface area (Å²) in [7, 11) is 0. The fourth-order valence-electron chi connectivity index (χ4n) is 4.52. The summed E-state index contributed by atoms with van der Waals surface area (Å²) in [4.78, 5) is 32.8. The number of hydrogen-bond acceptors (Lipinski definition) is 6. The molecule has 0 saturated heterocycles. The SMILES string of the molecule is O=C(CCC(F)(F)F)N[C@H](O)c1cnn2cc([C@@H](NC(=O)c3cccc(C(F)F)n3)C3CCC(F)(F)CC3)nc2c1. The third-order valence-corrected chi connectivity index (χ3v) is 6.67. The molecular formula is C25H25F7N6O3. The van der Waals surface area contributed by atoms with Gasteiger partial charge in [0.25, 0.3) is 12.3 Å². The number of carbonyl (C=O) groups excluding carboxylic acids is 2. The topological polar surface area (TPSA) is 122 Å². The largest absolute Gasteiger partial charge is 0.389 e. The van der Waals surface area contributed by atoms with Gasteiger partial charge in [0, 0.05) is 24.8 Å². The van der Waals surface area contributed by atoms with Gasteiger partial charge in [0.2, 0.25) is 11.8 Å². The van der Waals surface area contributed by atoms with Gasteiger partial charge in [-0.25, -0.2) is 32.0 Å². The number of rotatable bonds is 9. The Morgan fingerprint density at radius 3 is 2.46 bits per heavy atom. The standard InChI is InChI=1S/C25H25F7N6O3/c26-21(27)15-2-1-3-16(34-15)23(41)37-20(13-4-7-24(28,29)8-5-13)17-12-38-18(35-17)10-14(11-33-38)22(40)36-19(39)6-9-25(30,31)32/h1-3,10-13,20-22,40H,4-9H2,(H,36,39)(H,37,41)/t20-,22+/m0/s1. The first-order valence-electron chi connectivity index (χ1n) is 12.5. The Morgan fingerprint density at radius 1 is 1.10 bits per heavy atom. The van der Waals surface area contributed by atoms with E-state index in [0.29, 0.717) is 0 Å². The number of fused-ring (bicyclic) bond motifs is 1. The first-order valence-corrected chi connectivity index (χ1v) is 12.5. The van der Waals surface area contributed by atoms with Gasteiger partial charge < -0.3 is 15.7 Å². The third-order valence-electron chi connectivity index (χ3n) is 6.67. The average Bonchev–Trinajstić information content (AvgIpc) is 3.33. The van der Waals surface area contributed by atoms with Crippen LogP contribution in [0.5, 0.6) is 0 Å². The van der Waals surface area contributed by atoms with E-state index in [0.717, 1.165) is 12.3 Å². The van der Waals surface area contributed by atoms with Crippen LogP contribution < -0.4 is 10.6 Å². The van der Waals surface area contributed by atoms with E-state index in [4.69, 9.17) is 0 Å². The lowest BCUT2D eigenvalue weighted by molar-refractivity contribution is -0.145. The fourth-order valence-corrected chi connectivity index (χ4v) is 4.52. The van der Waals surface area contributed by atoms with E-state index < -0.39 is 79.9 Å². The first kappa shape index (κ1) is 30.1. The second-order valence-electron chi connectivity index (χ2n) is 9.74. The lowest BCUT2D eigenvalue weighted by Crippen LogP contribution is -2.37. The molecule has 1 saturated carbocycles. The van der Waals surface area contributed by atoms with Gasteiger partial charge in [-0.15, -0.1) is 0 Å². The van der Waals surface area contributed by atoms with Crippen molar-refractivity contribution in [3.63, 3.8) is 0 Å².